The molecule has 3 heterocycles. The molecule has 0 saturated carbocycles. The molecule has 4 rings (SSSR count). The molecule has 0 aliphatic rings. The Balaban J connectivity index is 1.51. The average Bonchev–Trinajstić information content (AvgIpc) is 3.20. The van der Waals surface area contributed by atoms with Gasteiger partial charge in [0.25, 0.3) is 0 Å². The van der Waals surface area contributed by atoms with E-state index >= 15 is 0 Å². The Morgan fingerprint density at radius 2 is 1.96 bits per heavy atom. The number of nitrogens with one attached hydrogen (secondary N) is 1. The Kier molecular flexibility index (Phi) is 3.82. The first-order valence-electron chi connectivity index (χ1n) is 7.74. The molecule has 0 radical (unpaired) electrons. The summed E-state index contributed by atoms with van der Waals surface area (Å²) in [6.07, 6.45) is 3.92. The van der Waals surface area contributed by atoms with E-state index in [0.29, 0.717) is 0 Å². The molecule has 1 N–H and O–H groups in total. The maximum atomic E-state index is 4.60. The fraction of sp³-hybridized carbons (Fsp3) is 0.167. The second-order valence-corrected chi connectivity index (χ2v) is 6.66. The van der Waals surface area contributed by atoms with Gasteiger partial charge in [-0.3, -0.25) is 4.40 Å². The van der Waals surface area contributed by atoms with Gasteiger partial charge < -0.3 is 4.98 Å². The van der Waals surface area contributed by atoms with Crippen molar-refractivity contribution in [1.82, 2.24) is 24.3 Å². The van der Waals surface area contributed by atoms with E-state index in [1.165, 1.54) is 0 Å². The zero-order valence-electron chi connectivity index (χ0n) is 13.5. The Morgan fingerprint density at radius 3 is 2.79 bits per heavy atom. The normalized spacial score (nSPS) is 11.2. The van der Waals surface area contributed by atoms with Crippen LogP contribution in [0.25, 0.3) is 17.0 Å². The summed E-state index contributed by atoms with van der Waals surface area (Å²) in [4.78, 5) is 16.9. The van der Waals surface area contributed by atoms with Gasteiger partial charge in [0.1, 0.15) is 0 Å². The molecule has 4 aromatic rings. The smallest absolute Gasteiger partial charge is 0.234 e. The van der Waals surface area contributed by atoms with E-state index in [4.69, 9.17) is 0 Å². The zero-order chi connectivity index (χ0) is 16.5. The van der Waals surface area contributed by atoms with Crippen LogP contribution in [0.1, 0.15) is 17.1 Å². The van der Waals surface area contributed by atoms with Crippen molar-refractivity contribution in [2.45, 2.75) is 24.8 Å². The molecule has 0 fully saturated rings. The van der Waals surface area contributed by atoms with E-state index in [1.807, 2.05) is 41.9 Å². The lowest BCUT2D eigenvalue weighted by Gasteiger charge is -1.98. The summed E-state index contributed by atoms with van der Waals surface area (Å²) in [6.45, 7) is 4.06. The van der Waals surface area contributed by atoms with Crippen LogP contribution in [0.5, 0.6) is 0 Å². The third-order valence-corrected chi connectivity index (χ3v) is 4.73. The van der Waals surface area contributed by atoms with Crippen LogP contribution < -0.4 is 0 Å². The van der Waals surface area contributed by atoms with Gasteiger partial charge in [-0.15, -0.1) is 0 Å². The molecular formula is C18H17N5S. The molecule has 1 aromatic carbocycles. The fourth-order valence-corrected chi connectivity index (χ4v) is 3.40. The van der Waals surface area contributed by atoms with E-state index in [1.54, 1.807) is 11.8 Å². The monoisotopic (exact) mass is 335 g/mol. The molecule has 0 saturated heterocycles. The first-order chi connectivity index (χ1) is 11.7. The van der Waals surface area contributed by atoms with Gasteiger partial charge in [0.2, 0.25) is 5.78 Å². The number of aromatic nitrogens is 5. The first-order valence-corrected chi connectivity index (χ1v) is 8.73. The van der Waals surface area contributed by atoms with E-state index in [-0.39, 0.29) is 0 Å². The minimum Gasteiger partial charge on any atom is -0.333 e. The lowest BCUT2D eigenvalue weighted by molar-refractivity contribution is 1.01. The number of hydrogen-bond donors (Lipinski definition) is 1. The van der Waals surface area contributed by atoms with Crippen molar-refractivity contribution in [2.75, 3.05) is 0 Å². The standard InChI is InChI=1S/C18H17N5S/c1-12-8-13(2)23-10-15(21-17(23)20-12)11-24-18-19-9-16(22-18)14-6-4-3-5-7-14/h3-10H,11H2,1-2H3,(H,19,22). The second-order valence-electron chi connectivity index (χ2n) is 5.70. The summed E-state index contributed by atoms with van der Waals surface area (Å²) in [7, 11) is 0. The second kappa shape index (κ2) is 6.13. The van der Waals surface area contributed by atoms with E-state index < -0.39 is 0 Å². The lowest BCUT2D eigenvalue weighted by Crippen LogP contribution is -1.94. The number of rotatable bonds is 4. The number of hydrogen-bond acceptors (Lipinski definition) is 4. The summed E-state index contributed by atoms with van der Waals surface area (Å²) in [5.41, 5.74) is 5.30. The number of thioether (sulfide) groups is 1. The molecule has 0 atom stereocenters. The summed E-state index contributed by atoms with van der Waals surface area (Å²) in [5.74, 6) is 1.51. The first kappa shape index (κ1) is 15.0. The molecule has 0 amide bonds. The summed E-state index contributed by atoms with van der Waals surface area (Å²) >= 11 is 1.64. The van der Waals surface area contributed by atoms with Crippen LogP contribution in [-0.4, -0.2) is 24.3 Å². The maximum Gasteiger partial charge on any atom is 0.234 e. The summed E-state index contributed by atoms with van der Waals surface area (Å²) < 4.78 is 2.03. The van der Waals surface area contributed by atoms with Crippen LogP contribution in [0.4, 0.5) is 0 Å². The third-order valence-electron chi connectivity index (χ3n) is 3.81. The predicted octanol–water partition coefficient (Wildman–Crippen LogP) is 4.03. The number of fused-ring (bicyclic) bond motifs is 1. The van der Waals surface area contributed by atoms with Gasteiger partial charge in [-0.2, -0.15) is 0 Å². The zero-order valence-corrected chi connectivity index (χ0v) is 14.3. The molecule has 0 bridgehead atoms. The van der Waals surface area contributed by atoms with E-state index in [2.05, 4.69) is 45.1 Å². The van der Waals surface area contributed by atoms with Crippen LogP contribution in [0.3, 0.4) is 0 Å². The highest BCUT2D eigenvalue weighted by Gasteiger charge is 2.08. The van der Waals surface area contributed by atoms with Crippen molar-refractivity contribution in [3.8, 4) is 11.3 Å². The van der Waals surface area contributed by atoms with Gasteiger partial charge in [0, 0.05) is 23.3 Å². The van der Waals surface area contributed by atoms with E-state index in [9.17, 15) is 0 Å². The minimum absolute atomic E-state index is 0.754. The molecule has 120 valence electrons. The van der Waals surface area contributed by atoms with Crippen LogP contribution in [-0.2, 0) is 5.75 Å². The number of benzene rings is 1. The molecule has 6 heteroatoms. The fourth-order valence-electron chi connectivity index (χ4n) is 2.67. The highest BCUT2D eigenvalue weighted by Crippen LogP contribution is 2.24. The number of aryl methyl sites for hydroxylation is 2. The van der Waals surface area contributed by atoms with E-state index in [0.717, 1.165) is 45.0 Å². The van der Waals surface area contributed by atoms with Crippen molar-refractivity contribution in [2.24, 2.45) is 0 Å². The van der Waals surface area contributed by atoms with Crippen molar-refractivity contribution >= 4 is 17.5 Å². The SMILES string of the molecule is Cc1cc(C)n2cc(CSc3ncc(-c4ccccc4)[nH]3)nc2n1. The molecule has 0 unspecified atom stereocenters. The molecular weight excluding hydrogens is 318 g/mol. The van der Waals surface area contributed by atoms with Gasteiger partial charge in [-0.1, -0.05) is 42.1 Å². The summed E-state index contributed by atoms with van der Waals surface area (Å²) in [5, 5.41) is 0.895. The Morgan fingerprint density at radius 1 is 1.12 bits per heavy atom. The Labute approximate surface area is 144 Å². The van der Waals surface area contributed by atoms with Crippen molar-refractivity contribution < 1.29 is 0 Å². The quantitative estimate of drug-likeness (QED) is 0.572. The Hall–Kier alpha value is -2.60. The summed E-state index contributed by atoms with van der Waals surface area (Å²) in [6, 6.07) is 12.3. The van der Waals surface area contributed by atoms with Crippen molar-refractivity contribution in [3.63, 3.8) is 0 Å². The minimum atomic E-state index is 0.754. The lowest BCUT2D eigenvalue weighted by atomic mass is 10.2. The number of H-pyrrole nitrogens is 1. The van der Waals surface area contributed by atoms with Crippen LogP contribution in [0.2, 0.25) is 0 Å². The topological polar surface area (TPSA) is 58.9 Å². The molecule has 0 aliphatic heterocycles. The van der Waals surface area contributed by atoms with Gasteiger partial charge in [0.05, 0.1) is 17.6 Å². The molecule has 3 aromatic heterocycles. The highest BCUT2D eigenvalue weighted by atomic mass is 32.2. The average molecular weight is 335 g/mol. The van der Waals surface area contributed by atoms with Crippen molar-refractivity contribution in [1.29, 1.82) is 0 Å². The maximum absolute atomic E-state index is 4.60. The third kappa shape index (κ3) is 2.92. The molecule has 0 spiro atoms. The number of imidazole rings is 2. The Bertz CT molecular complexity index is 987. The van der Waals surface area contributed by atoms with Gasteiger partial charge in [0.15, 0.2) is 5.16 Å². The molecule has 24 heavy (non-hydrogen) atoms. The number of aromatic amines is 1. The molecule has 0 aliphatic carbocycles. The van der Waals surface area contributed by atoms with Gasteiger partial charge >= 0.3 is 0 Å². The number of nitrogens with zero attached hydrogens (tertiary/aromatic N) is 4. The predicted molar refractivity (Wildman–Crippen MR) is 96.0 cm³/mol. The van der Waals surface area contributed by atoms with Crippen molar-refractivity contribution in [3.05, 3.63) is 65.9 Å². The van der Waals surface area contributed by atoms with Crippen LogP contribution in [0, 0.1) is 13.8 Å². The van der Waals surface area contributed by atoms with Crippen LogP contribution in [0.15, 0.2) is 53.9 Å². The van der Waals surface area contributed by atoms with Crippen LogP contribution >= 0.6 is 11.8 Å². The highest BCUT2D eigenvalue weighted by molar-refractivity contribution is 7.98. The van der Waals surface area contributed by atoms with Gasteiger partial charge in [-0.25, -0.2) is 15.0 Å². The molecule has 5 nitrogen and oxygen atoms in total. The largest absolute Gasteiger partial charge is 0.333 e. The van der Waals surface area contributed by atoms with Gasteiger partial charge in [-0.05, 0) is 25.5 Å².